The molecule has 0 radical (unpaired) electrons. The largest absolute Gasteiger partial charge is 0.461 e. The molecular formula is C10H16N2O2. The molecule has 0 aliphatic rings. The smallest absolute Gasteiger partial charge is 0.359 e. The third kappa shape index (κ3) is 2.13. The zero-order valence-corrected chi connectivity index (χ0v) is 9.07. The molecule has 0 bridgehead atoms. The van der Waals surface area contributed by atoms with Gasteiger partial charge in [0.2, 0.25) is 0 Å². The van der Waals surface area contributed by atoms with Crippen molar-refractivity contribution in [3.8, 4) is 0 Å². The Morgan fingerprint density at radius 1 is 1.64 bits per heavy atom. The van der Waals surface area contributed by atoms with Crippen LogP contribution in [0.15, 0.2) is 6.20 Å². The van der Waals surface area contributed by atoms with Crippen LogP contribution in [0.3, 0.4) is 0 Å². The van der Waals surface area contributed by atoms with Crippen LogP contribution in [0, 0.1) is 6.92 Å². The van der Waals surface area contributed by atoms with Crippen molar-refractivity contribution in [3.05, 3.63) is 17.5 Å². The summed E-state index contributed by atoms with van der Waals surface area (Å²) in [5.41, 5.74) is 1.28. The lowest BCUT2D eigenvalue weighted by atomic mass is 10.3. The number of rotatable bonds is 3. The van der Waals surface area contributed by atoms with E-state index in [0.29, 0.717) is 12.3 Å². The molecule has 4 nitrogen and oxygen atoms in total. The number of aryl methyl sites for hydroxylation is 1. The molecule has 0 spiro atoms. The third-order valence-electron chi connectivity index (χ3n) is 1.91. The van der Waals surface area contributed by atoms with E-state index in [0.717, 1.165) is 5.56 Å². The molecule has 1 aromatic rings. The SMILES string of the molecule is CCOC(=O)c1nn(C(C)C)cc1C. The highest BCUT2D eigenvalue weighted by molar-refractivity contribution is 5.88. The first kappa shape index (κ1) is 10.8. The van der Waals surface area contributed by atoms with E-state index in [1.165, 1.54) is 0 Å². The molecule has 0 N–H and O–H groups in total. The van der Waals surface area contributed by atoms with Crippen molar-refractivity contribution in [2.75, 3.05) is 6.61 Å². The summed E-state index contributed by atoms with van der Waals surface area (Å²) in [5, 5.41) is 4.17. The van der Waals surface area contributed by atoms with Gasteiger partial charge in [-0.15, -0.1) is 0 Å². The topological polar surface area (TPSA) is 44.1 Å². The van der Waals surface area contributed by atoms with Gasteiger partial charge in [-0.1, -0.05) is 0 Å². The lowest BCUT2D eigenvalue weighted by Crippen LogP contribution is -2.08. The third-order valence-corrected chi connectivity index (χ3v) is 1.91. The number of hydrogen-bond donors (Lipinski definition) is 0. The van der Waals surface area contributed by atoms with Crippen molar-refractivity contribution in [2.45, 2.75) is 33.7 Å². The molecule has 0 unspecified atom stereocenters. The van der Waals surface area contributed by atoms with Crippen LogP contribution in [0.25, 0.3) is 0 Å². The van der Waals surface area contributed by atoms with Crippen LogP contribution in [0.2, 0.25) is 0 Å². The summed E-state index contributed by atoms with van der Waals surface area (Å²) in [6.07, 6.45) is 1.86. The van der Waals surface area contributed by atoms with E-state index in [1.54, 1.807) is 11.6 Å². The molecule has 0 aliphatic heterocycles. The standard InChI is InChI=1S/C10H16N2O2/c1-5-14-10(13)9-8(4)6-12(11-9)7(2)3/h6-7H,5H2,1-4H3. The van der Waals surface area contributed by atoms with Crippen molar-refractivity contribution < 1.29 is 9.53 Å². The van der Waals surface area contributed by atoms with E-state index in [-0.39, 0.29) is 12.0 Å². The maximum atomic E-state index is 11.4. The number of carbonyl (C=O) groups is 1. The lowest BCUT2D eigenvalue weighted by molar-refractivity contribution is 0.0517. The number of esters is 1. The quantitative estimate of drug-likeness (QED) is 0.694. The summed E-state index contributed by atoms with van der Waals surface area (Å²) < 4.78 is 6.65. The van der Waals surface area contributed by atoms with Crippen LogP contribution in [-0.2, 0) is 4.74 Å². The Bertz CT molecular complexity index is 329. The summed E-state index contributed by atoms with van der Waals surface area (Å²) >= 11 is 0. The number of hydrogen-bond acceptors (Lipinski definition) is 3. The van der Waals surface area contributed by atoms with Crippen molar-refractivity contribution >= 4 is 5.97 Å². The van der Waals surface area contributed by atoms with Gasteiger partial charge in [0.25, 0.3) is 0 Å². The minimum atomic E-state index is -0.343. The molecule has 14 heavy (non-hydrogen) atoms. The number of aromatic nitrogens is 2. The normalized spacial score (nSPS) is 10.6. The summed E-state index contributed by atoms with van der Waals surface area (Å²) in [5.74, 6) is -0.343. The first-order valence-electron chi connectivity index (χ1n) is 4.79. The maximum absolute atomic E-state index is 11.4. The zero-order valence-electron chi connectivity index (χ0n) is 9.07. The molecule has 78 valence electrons. The van der Waals surface area contributed by atoms with E-state index >= 15 is 0 Å². The summed E-state index contributed by atoms with van der Waals surface area (Å²) in [6, 6.07) is 0.261. The molecule has 1 rings (SSSR count). The van der Waals surface area contributed by atoms with Crippen LogP contribution >= 0.6 is 0 Å². The van der Waals surface area contributed by atoms with Crippen molar-refractivity contribution in [1.29, 1.82) is 0 Å². The fourth-order valence-corrected chi connectivity index (χ4v) is 1.15. The van der Waals surface area contributed by atoms with Gasteiger partial charge >= 0.3 is 5.97 Å². The highest BCUT2D eigenvalue weighted by atomic mass is 16.5. The molecular weight excluding hydrogens is 180 g/mol. The highest BCUT2D eigenvalue weighted by Crippen LogP contribution is 2.11. The molecule has 0 atom stereocenters. The van der Waals surface area contributed by atoms with Crippen LogP contribution in [0.1, 0.15) is 42.9 Å². The molecule has 0 aliphatic carbocycles. The Morgan fingerprint density at radius 3 is 2.71 bits per heavy atom. The van der Waals surface area contributed by atoms with Crippen LogP contribution in [0.5, 0.6) is 0 Å². The van der Waals surface area contributed by atoms with Gasteiger partial charge in [0, 0.05) is 17.8 Å². The predicted octanol–water partition coefficient (Wildman–Crippen LogP) is 1.95. The van der Waals surface area contributed by atoms with E-state index in [4.69, 9.17) is 4.74 Å². The molecule has 1 aromatic heterocycles. The average molecular weight is 196 g/mol. The number of nitrogens with zero attached hydrogens (tertiary/aromatic N) is 2. The minimum Gasteiger partial charge on any atom is -0.461 e. The van der Waals surface area contributed by atoms with Crippen LogP contribution in [0.4, 0.5) is 0 Å². The Hall–Kier alpha value is -1.32. The Labute approximate surface area is 83.9 Å². The van der Waals surface area contributed by atoms with Gasteiger partial charge in [0.05, 0.1) is 6.61 Å². The van der Waals surface area contributed by atoms with E-state index in [2.05, 4.69) is 5.10 Å². The number of ether oxygens (including phenoxy) is 1. The van der Waals surface area contributed by atoms with E-state index < -0.39 is 0 Å². The molecule has 0 saturated heterocycles. The van der Waals surface area contributed by atoms with E-state index in [1.807, 2.05) is 27.0 Å². The second-order valence-corrected chi connectivity index (χ2v) is 3.45. The van der Waals surface area contributed by atoms with Gasteiger partial charge in [-0.3, -0.25) is 4.68 Å². The zero-order chi connectivity index (χ0) is 10.7. The first-order chi connectivity index (χ1) is 6.56. The van der Waals surface area contributed by atoms with Gasteiger partial charge < -0.3 is 4.74 Å². The fraction of sp³-hybridized carbons (Fsp3) is 0.600. The summed E-state index contributed by atoms with van der Waals surface area (Å²) in [6.45, 7) is 8.06. The monoisotopic (exact) mass is 196 g/mol. The highest BCUT2D eigenvalue weighted by Gasteiger charge is 2.15. The predicted molar refractivity (Wildman–Crippen MR) is 53.3 cm³/mol. The Balaban J connectivity index is 2.92. The first-order valence-corrected chi connectivity index (χ1v) is 4.79. The molecule has 0 fully saturated rings. The Morgan fingerprint density at radius 2 is 2.29 bits per heavy atom. The van der Waals surface area contributed by atoms with Crippen LogP contribution < -0.4 is 0 Å². The van der Waals surface area contributed by atoms with Crippen molar-refractivity contribution in [1.82, 2.24) is 9.78 Å². The number of carbonyl (C=O) groups excluding carboxylic acids is 1. The van der Waals surface area contributed by atoms with Crippen LogP contribution in [-0.4, -0.2) is 22.4 Å². The van der Waals surface area contributed by atoms with Crippen molar-refractivity contribution in [3.63, 3.8) is 0 Å². The fourth-order valence-electron chi connectivity index (χ4n) is 1.15. The van der Waals surface area contributed by atoms with Gasteiger partial charge in [0.1, 0.15) is 0 Å². The molecule has 0 aromatic carbocycles. The average Bonchev–Trinajstić information content (AvgIpc) is 2.48. The van der Waals surface area contributed by atoms with Gasteiger partial charge in [-0.05, 0) is 27.7 Å². The summed E-state index contributed by atoms with van der Waals surface area (Å²) in [7, 11) is 0. The molecule has 1 heterocycles. The summed E-state index contributed by atoms with van der Waals surface area (Å²) in [4.78, 5) is 11.4. The second kappa shape index (κ2) is 4.26. The van der Waals surface area contributed by atoms with E-state index in [9.17, 15) is 4.79 Å². The van der Waals surface area contributed by atoms with Crippen molar-refractivity contribution in [2.24, 2.45) is 0 Å². The Kier molecular flexibility index (Phi) is 3.28. The second-order valence-electron chi connectivity index (χ2n) is 3.45. The van der Waals surface area contributed by atoms with Gasteiger partial charge in [-0.2, -0.15) is 5.10 Å². The molecule has 0 amide bonds. The molecule has 0 saturated carbocycles. The minimum absolute atomic E-state index is 0.261. The van der Waals surface area contributed by atoms with Gasteiger partial charge in [0.15, 0.2) is 5.69 Å². The van der Waals surface area contributed by atoms with Gasteiger partial charge in [-0.25, -0.2) is 4.79 Å². The molecule has 4 heteroatoms. The maximum Gasteiger partial charge on any atom is 0.359 e. The lowest BCUT2D eigenvalue weighted by Gasteiger charge is -2.03.